The van der Waals surface area contributed by atoms with Gasteiger partial charge in [-0.15, -0.1) is 12.4 Å². The van der Waals surface area contributed by atoms with Gasteiger partial charge in [-0.2, -0.15) is 0 Å². The first kappa shape index (κ1) is 18.1. The number of halogens is 3. The predicted molar refractivity (Wildman–Crippen MR) is 88.0 cm³/mol. The number of likely N-dealkylation sites (tertiary alicyclic amines) is 1. The summed E-state index contributed by atoms with van der Waals surface area (Å²) in [6.07, 6.45) is 4.25. The van der Waals surface area contributed by atoms with Gasteiger partial charge in [-0.1, -0.05) is 0 Å². The van der Waals surface area contributed by atoms with Crippen LogP contribution in [0.5, 0.6) is 0 Å². The molecular weight excluding hydrogens is 322 g/mol. The second kappa shape index (κ2) is 7.14. The topological polar surface area (TPSA) is 32.3 Å². The van der Waals surface area contributed by atoms with Gasteiger partial charge in [-0.25, -0.2) is 8.78 Å². The first-order valence-electron chi connectivity index (χ1n) is 7.96. The highest BCUT2D eigenvalue weighted by molar-refractivity contribution is 5.94. The summed E-state index contributed by atoms with van der Waals surface area (Å²) in [4.78, 5) is 14.2. The van der Waals surface area contributed by atoms with Crippen LogP contribution in [0, 0.1) is 24.0 Å². The second-order valence-corrected chi connectivity index (χ2v) is 6.62. The number of piperidine rings is 2. The summed E-state index contributed by atoms with van der Waals surface area (Å²) in [5, 5.41) is 3.37. The van der Waals surface area contributed by atoms with E-state index < -0.39 is 11.6 Å². The lowest BCUT2D eigenvalue weighted by Gasteiger charge is -2.44. The Balaban J connectivity index is 0.00000192. The molecule has 2 saturated heterocycles. The first-order chi connectivity index (χ1) is 10.5. The molecule has 0 aromatic heterocycles. The van der Waals surface area contributed by atoms with Crippen LogP contribution in [-0.2, 0) is 0 Å². The Hall–Kier alpha value is -1.20. The van der Waals surface area contributed by atoms with Gasteiger partial charge < -0.3 is 10.2 Å². The van der Waals surface area contributed by atoms with E-state index in [1.54, 1.807) is 11.8 Å². The number of nitrogens with zero attached hydrogens (tertiary/aromatic N) is 1. The number of hydrogen-bond acceptors (Lipinski definition) is 2. The zero-order valence-corrected chi connectivity index (χ0v) is 14.1. The van der Waals surface area contributed by atoms with Crippen LogP contribution < -0.4 is 5.32 Å². The second-order valence-electron chi connectivity index (χ2n) is 6.62. The van der Waals surface area contributed by atoms with E-state index in [0.717, 1.165) is 44.8 Å². The molecule has 0 atom stereocenters. The molecule has 1 N–H and O–H groups in total. The van der Waals surface area contributed by atoms with E-state index in [1.165, 1.54) is 6.07 Å². The number of nitrogens with one attached hydrogen (secondary N) is 1. The fraction of sp³-hybridized carbons (Fsp3) is 0.588. The van der Waals surface area contributed by atoms with E-state index in [2.05, 4.69) is 5.32 Å². The first-order valence-corrected chi connectivity index (χ1v) is 7.96. The van der Waals surface area contributed by atoms with Crippen molar-refractivity contribution in [3.63, 3.8) is 0 Å². The van der Waals surface area contributed by atoms with Gasteiger partial charge >= 0.3 is 0 Å². The summed E-state index contributed by atoms with van der Waals surface area (Å²) < 4.78 is 27.2. The molecule has 3 nitrogen and oxygen atoms in total. The van der Waals surface area contributed by atoms with Crippen LogP contribution in [0.2, 0.25) is 0 Å². The van der Waals surface area contributed by atoms with Crippen LogP contribution in [0.4, 0.5) is 8.78 Å². The van der Waals surface area contributed by atoms with E-state index >= 15 is 0 Å². The number of aryl methyl sites for hydroxylation is 1. The van der Waals surface area contributed by atoms with E-state index in [0.29, 0.717) is 24.1 Å². The SMILES string of the molecule is Cc1cc(C(=O)N2CCC3(CCNCC3)CC2)c(F)cc1F.Cl. The Morgan fingerprint density at radius 1 is 1.09 bits per heavy atom. The van der Waals surface area contributed by atoms with Crippen molar-refractivity contribution in [2.75, 3.05) is 26.2 Å². The molecule has 0 unspecified atom stereocenters. The number of amides is 1. The minimum absolute atomic E-state index is 0. The summed E-state index contributed by atoms with van der Waals surface area (Å²) in [5.74, 6) is -1.69. The van der Waals surface area contributed by atoms with E-state index in [9.17, 15) is 13.6 Å². The quantitative estimate of drug-likeness (QED) is 0.847. The molecule has 2 heterocycles. The van der Waals surface area contributed by atoms with E-state index in [4.69, 9.17) is 0 Å². The minimum atomic E-state index is -0.768. The monoisotopic (exact) mass is 344 g/mol. The maximum absolute atomic E-state index is 13.9. The molecule has 1 amide bonds. The average Bonchev–Trinajstić information content (AvgIpc) is 2.52. The molecule has 23 heavy (non-hydrogen) atoms. The minimum Gasteiger partial charge on any atom is -0.339 e. The molecule has 1 aromatic carbocycles. The maximum atomic E-state index is 13.9. The zero-order valence-electron chi connectivity index (χ0n) is 13.3. The summed E-state index contributed by atoms with van der Waals surface area (Å²) in [7, 11) is 0. The highest BCUT2D eigenvalue weighted by Gasteiger charge is 2.37. The smallest absolute Gasteiger partial charge is 0.256 e. The van der Waals surface area contributed by atoms with Gasteiger partial charge in [0.25, 0.3) is 5.91 Å². The van der Waals surface area contributed by atoms with Gasteiger partial charge in [-0.3, -0.25) is 4.79 Å². The number of rotatable bonds is 1. The van der Waals surface area contributed by atoms with Crippen LogP contribution in [0.25, 0.3) is 0 Å². The largest absolute Gasteiger partial charge is 0.339 e. The summed E-state index contributed by atoms with van der Waals surface area (Å²) >= 11 is 0. The third-order valence-corrected chi connectivity index (χ3v) is 5.25. The van der Waals surface area contributed by atoms with Crippen molar-refractivity contribution in [3.8, 4) is 0 Å². The molecule has 128 valence electrons. The Bertz CT molecular complexity index is 578. The van der Waals surface area contributed by atoms with Crippen LogP contribution in [0.3, 0.4) is 0 Å². The van der Waals surface area contributed by atoms with Crippen molar-refractivity contribution in [1.29, 1.82) is 0 Å². The molecule has 2 aliphatic heterocycles. The molecule has 3 rings (SSSR count). The molecule has 2 fully saturated rings. The Labute approximate surface area is 141 Å². The van der Waals surface area contributed by atoms with Gasteiger partial charge in [0, 0.05) is 19.2 Å². The van der Waals surface area contributed by atoms with Gasteiger partial charge in [0.1, 0.15) is 11.6 Å². The fourth-order valence-electron chi connectivity index (χ4n) is 3.63. The molecule has 1 aromatic rings. The summed E-state index contributed by atoms with van der Waals surface area (Å²) in [5.41, 5.74) is 0.635. The number of carbonyl (C=O) groups is 1. The highest BCUT2D eigenvalue weighted by atomic mass is 35.5. The van der Waals surface area contributed by atoms with Crippen LogP contribution >= 0.6 is 12.4 Å². The van der Waals surface area contributed by atoms with Crippen LogP contribution in [0.15, 0.2) is 12.1 Å². The summed E-state index contributed by atoms with van der Waals surface area (Å²) in [6, 6.07) is 2.13. The van der Waals surface area contributed by atoms with Crippen molar-refractivity contribution in [2.24, 2.45) is 5.41 Å². The Morgan fingerprint density at radius 3 is 2.30 bits per heavy atom. The van der Waals surface area contributed by atoms with Crippen molar-refractivity contribution in [1.82, 2.24) is 10.2 Å². The van der Waals surface area contributed by atoms with Crippen LogP contribution in [-0.4, -0.2) is 37.0 Å². The Kier molecular flexibility index (Phi) is 5.63. The fourth-order valence-corrected chi connectivity index (χ4v) is 3.63. The van der Waals surface area contributed by atoms with Crippen molar-refractivity contribution >= 4 is 18.3 Å². The molecule has 1 spiro atoms. The number of carbonyl (C=O) groups excluding carboxylic acids is 1. The molecule has 0 aliphatic carbocycles. The molecule has 0 bridgehead atoms. The van der Waals surface area contributed by atoms with Crippen molar-refractivity contribution < 1.29 is 13.6 Å². The third kappa shape index (κ3) is 3.66. The lowest BCUT2D eigenvalue weighted by molar-refractivity contribution is 0.0492. The third-order valence-electron chi connectivity index (χ3n) is 5.25. The lowest BCUT2D eigenvalue weighted by atomic mass is 9.71. The van der Waals surface area contributed by atoms with Gasteiger partial charge in [0.05, 0.1) is 5.56 Å². The normalized spacial score (nSPS) is 20.2. The maximum Gasteiger partial charge on any atom is 0.256 e. The highest BCUT2D eigenvalue weighted by Crippen LogP contribution is 2.39. The van der Waals surface area contributed by atoms with E-state index in [1.807, 2.05) is 0 Å². The molecule has 2 aliphatic rings. The van der Waals surface area contributed by atoms with Gasteiger partial charge in [0.2, 0.25) is 0 Å². The molecule has 6 heteroatoms. The Morgan fingerprint density at radius 2 is 1.70 bits per heavy atom. The van der Waals surface area contributed by atoms with Gasteiger partial charge in [-0.05, 0) is 62.7 Å². The number of benzene rings is 1. The van der Waals surface area contributed by atoms with E-state index in [-0.39, 0.29) is 23.9 Å². The van der Waals surface area contributed by atoms with Crippen molar-refractivity contribution in [2.45, 2.75) is 32.6 Å². The standard InChI is InChI=1S/C17H22F2N2O.ClH/c1-12-10-13(15(19)11-14(12)18)16(22)21-8-4-17(5-9-21)2-6-20-7-3-17;/h10-11,20H,2-9H2,1H3;1H. The van der Waals surface area contributed by atoms with Gasteiger partial charge in [0.15, 0.2) is 0 Å². The average molecular weight is 345 g/mol. The lowest BCUT2D eigenvalue weighted by Crippen LogP contribution is -2.47. The summed E-state index contributed by atoms with van der Waals surface area (Å²) in [6.45, 7) is 4.95. The van der Waals surface area contributed by atoms with Crippen LogP contribution in [0.1, 0.15) is 41.6 Å². The molecular formula is C17H23ClF2N2O. The molecule has 0 radical (unpaired) electrons. The number of hydrogen-bond donors (Lipinski definition) is 1. The molecule has 0 saturated carbocycles. The predicted octanol–water partition coefficient (Wildman–Crippen LogP) is 3.30. The van der Waals surface area contributed by atoms with Crippen molar-refractivity contribution in [3.05, 3.63) is 34.9 Å². The zero-order chi connectivity index (χ0) is 15.7.